The van der Waals surface area contributed by atoms with Crippen molar-refractivity contribution in [1.29, 1.82) is 0 Å². The van der Waals surface area contributed by atoms with Crippen molar-refractivity contribution in [1.82, 2.24) is 4.98 Å². The molecular formula is C19H19Cl2N3O2. The summed E-state index contributed by atoms with van der Waals surface area (Å²) in [4.78, 5) is 4.71. The number of benzene rings is 2. The standard InChI is InChI=1S/C19H19Cl2N3O2/c1-26-12-5-6-13-16(23-10-11(25)9-22)8-18(24-17(13)7-12)14-3-2-4-15(20)19(14)21/h2-8,11,25H,9-10,22H2,1H3,(H,23,24). The minimum absolute atomic E-state index is 0.177. The highest BCUT2D eigenvalue weighted by Gasteiger charge is 2.13. The van der Waals surface area contributed by atoms with Gasteiger partial charge < -0.3 is 20.9 Å². The van der Waals surface area contributed by atoms with Gasteiger partial charge in [0.15, 0.2) is 0 Å². The number of hydrogen-bond donors (Lipinski definition) is 3. The van der Waals surface area contributed by atoms with Gasteiger partial charge in [-0.05, 0) is 24.3 Å². The molecule has 0 bridgehead atoms. The van der Waals surface area contributed by atoms with Crippen LogP contribution in [-0.4, -0.2) is 36.4 Å². The first-order valence-corrected chi connectivity index (χ1v) is 8.84. The summed E-state index contributed by atoms with van der Waals surface area (Å²) < 4.78 is 5.30. The van der Waals surface area contributed by atoms with Crippen LogP contribution in [0.4, 0.5) is 5.69 Å². The molecule has 0 saturated carbocycles. The molecule has 0 spiro atoms. The van der Waals surface area contributed by atoms with Gasteiger partial charge >= 0.3 is 0 Å². The van der Waals surface area contributed by atoms with Crippen molar-refractivity contribution in [2.45, 2.75) is 6.10 Å². The van der Waals surface area contributed by atoms with Crippen LogP contribution < -0.4 is 15.8 Å². The molecule has 0 fully saturated rings. The summed E-state index contributed by atoms with van der Waals surface area (Å²) >= 11 is 12.5. The van der Waals surface area contributed by atoms with E-state index in [1.54, 1.807) is 13.2 Å². The molecule has 0 radical (unpaired) electrons. The Morgan fingerprint density at radius 3 is 2.77 bits per heavy atom. The number of nitrogens with two attached hydrogens (primary N) is 1. The van der Waals surface area contributed by atoms with E-state index in [0.29, 0.717) is 28.0 Å². The number of methoxy groups -OCH3 is 1. The third-order valence-electron chi connectivity index (χ3n) is 4.04. The Bertz CT molecular complexity index is 934. The number of hydrogen-bond acceptors (Lipinski definition) is 5. The molecule has 4 N–H and O–H groups in total. The molecule has 7 heteroatoms. The van der Waals surface area contributed by atoms with E-state index in [-0.39, 0.29) is 6.54 Å². The van der Waals surface area contributed by atoms with Gasteiger partial charge in [-0.1, -0.05) is 35.3 Å². The predicted octanol–water partition coefficient (Wildman–Crippen LogP) is 3.95. The average molecular weight is 392 g/mol. The normalized spacial score (nSPS) is 12.2. The summed E-state index contributed by atoms with van der Waals surface area (Å²) in [7, 11) is 1.61. The van der Waals surface area contributed by atoms with Crippen molar-refractivity contribution in [3.63, 3.8) is 0 Å². The zero-order valence-corrected chi connectivity index (χ0v) is 15.7. The second-order valence-electron chi connectivity index (χ2n) is 5.81. The summed E-state index contributed by atoms with van der Waals surface area (Å²) in [6.45, 7) is 0.501. The van der Waals surface area contributed by atoms with Crippen LogP contribution in [0.2, 0.25) is 10.0 Å². The Hall–Kier alpha value is -2.05. The average Bonchev–Trinajstić information content (AvgIpc) is 2.67. The summed E-state index contributed by atoms with van der Waals surface area (Å²) in [5.41, 5.74) is 8.45. The fourth-order valence-electron chi connectivity index (χ4n) is 2.63. The number of nitrogens with one attached hydrogen (secondary N) is 1. The minimum Gasteiger partial charge on any atom is -0.497 e. The summed E-state index contributed by atoms with van der Waals surface area (Å²) in [6, 6.07) is 12.9. The second kappa shape index (κ2) is 8.10. The lowest BCUT2D eigenvalue weighted by molar-refractivity contribution is 0.196. The summed E-state index contributed by atoms with van der Waals surface area (Å²) in [6.07, 6.45) is -0.644. The van der Waals surface area contributed by atoms with Crippen LogP contribution >= 0.6 is 23.2 Å². The molecule has 0 aliphatic carbocycles. The molecule has 2 aromatic carbocycles. The van der Waals surface area contributed by atoms with E-state index in [0.717, 1.165) is 22.2 Å². The van der Waals surface area contributed by atoms with Crippen LogP contribution in [0.5, 0.6) is 5.75 Å². The number of aliphatic hydroxyl groups is 1. The molecule has 0 aliphatic heterocycles. The Morgan fingerprint density at radius 1 is 1.23 bits per heavy atom. The molecule has 1 unspecified atom stereocenters. The van der Waals surface area contributed by atoms with E-state index in [1.165, 1.54) is 0 Å². The molecule has 26 heavy (non-hydrogen) atoms. The zero-order chi connectivity index (χ0) is 18.7. The fraction of sp³-hybridized carbons (Fsp3) is 0.211. The summed E-state index contributed by atoms with van der Waals surface area (Å²) in [5.74, 6) is 0.701. The highest BCUT2D eigenvalue weighted by Crippen LogP contribution is 2.36. The van der Waals surface area contributed by atoms with E-state index in [2.05, 4.69) is 5.32 Å². The molecule has 0 saturated heterocycles. The smallest absolute Gasteiger partial charge is 0.121 e. The minimum atomic E-state index is -0.644. The molecule has 3 aromatic rings. The Morgan fingerprint density at radius 2 is 2.04 bits per heavy atom. The molecule has 1 heterocycles. The Labute approximate surface area is 161 Å². The van der Waals surface area contributed by atoms with Crippen molar-refractivity contribution >= 4 is 39.8 Å². The van der Waals surface area contributed by atoms with Gasteiger partial charge in [0, 0.05) is 35.8 Å². The maximum Gasteiger partial charge on any atom is 0.121 e. The van der Waals surface area contributed by atoms with Crippen LogP contribution in [0, 0.1) is 0 Å². The molecule has 1 atom stereocenters. The highest BCUT2D eigenvalue weighted by atomic mass is 35.5. The van der Waals surface area contributed by atoms with E-state index < -0.39 is 6.10 Å². The van der Waals surface area contributed by atoms with Gasteiger partial charge in [0.1, 0.15) is 5.75 Å². The lowest BCUT2D eigenvalue weighted by Gasteiger charge is -2.15. The third kappa shape index (κ3) is 3.86. The third-order valence-corrected chi connectivity index (χ3v) is 4.86. The maximum absolute atomic E-state index is 9.78. The topological polar surface area (TPSA) is 80.4 Å². The first kappa shape index (κ1) is 18.7. The predicted molar refractivity (Wildman–Crippen MR) is 107 cm³/mol. The van der Waals surface area contributed by atoms with E-state index in [1.807, 2.05) is 36.4 Å². The quantitative estimate of drug-likeness (QED) is 0.592. The lowest BCUT2D eigenvalue weighted by Crippen LogP contribution is -2.27. The fourth-order valence-corrected chi connectivity index (χ4v) is 3.03. The van der Waals surface area contributed by atoms with Crippen LogP contribution in [-0.2, 0) is 0 Å². The first-order valence-electron chi connectivity index (χ1n) is 8.08. The van der Waals surface area contributed by atoms with Crippen molar-refractivity contribution in [3.05, 3.63) is 52.5 Å². The molecule has 3 rings (SSSR count). The van der Waals surface area contributed by atoms with Crippen LogP contribution in [0.15, 0.2) is 42.5 Å². The molecule has 1 aromatic heterocycles. The molecule has 0 aliphatic rings. The van der Waals surface area contributed by atoms with Gasteiger partial charge in [0.2, 0.25) is 0 Å². The Balaban J connectivity index is 2.15. The monoisotopic (exact) mass is 391 g/mol. The van der Waals surface area contributed by atoms with Gasteiger partial charge in [-0.3, -0.25) is 0 Å². The second-order valence-corrected chi connectivity index (χ2v) is 6.60. The van der Waals surface area contributed by atoms with Crippen molar-refractivity contribution in [3.8, 4) is 17.0 Å². The van der Waals surface area contributed by atoms with Crippen molar-refractivity contribution in [2.75, 3.05) is 25.5 Å². The first-order chi connectivity index (χ1) is 12.5. The number of pyridine rings is 1. The number of nitrogens with zero attached hydrogens (tertiary/aromatic N) is 1. The van der Waals surface area contributed by atoms with Crippen molar-refractivity contribution in [2.24, 2.45) is 5.73 Å². The number of fused-ring (bicyclic) bond motifs is 1. The summed E-state index contributed by atoms with van der Waals surface area (Å²) in [5, 5.41) is 14.8. The van der Waals surface area contributed by atoms with Crippen LogP contribution in [0.25, 0.3) is 22.2 Å². The lowest BCUT2D eigenvalue weighted by atomic mass is 10.1. The van der Waals surface area contributed by atoms with E-state index in [4.69, 9.17) is 38.7 Å². The van der Waals surface area contributed by atoms with Crippen LogP contribution in [0.3, 0.4) is 0 Å². The number of aromatic nitrogens is 1. The van der Waals surface area contributed by atoms with Crippen LogP contribution in [0.1, 0.15) is 0 Å². The van der Waals surface area contributed by atoms with E-state index >= 15 is 0 Å². The zero-order valence-electron chi connectivity index (χ0n) is 14.2. The SMILES string of the molecule is COc1ccc2c(NCC(O)CN)cc(-c3cccc(Cl)c3Cl)nc2c1. The van der Waals surface area contributed by atoms with Gasteiger partial charge in [-0.15, -0.1) is 0 Å². The van der Waals surface area contributed by atoms with Crippen molar-refractivity contribution < 1.29 is 9.84 Å². The number of aliphatic hydroxyl groups excluding tert-OH is 1. The molecular weight excluding hydrogens is 373 g/mol. The maximum atomic E-state index is 9.78. The number of ether oxygens (including phenoxy) is 1. The number of anilines is 1. The highest BCUT2D eigenvalue weighted by molar-refractivity contribution is 6.43. The molecule has 0 amide bonds. The Kier molecular flexibility index (Phi) is 5.84. The van der Waals surface area contributed by atoms with Gasteiger partial charge in [-0.25, -0.2) is 4.98 Å². The van der Waals surface area contributed by atoms with Gasteiger partial charge in [0.05, 0.1) is 34.5 Å². The molecule has 5 nitrogen and oxygen atoms in total. The number of rotatable bonds is 6. The largest absolute Gasteiger partial charge is 0.497 e. The molecule has 136 valence electrons. The van der Waals surface area contributed by atoms with Gasteiger partial charge in [-0.2, -0.15) is 0 Å². The van der Waals surface area contributed by atoms with Gasteiger partial charge in [0.25, 0.3) is 0 Å². The van der Waals surface area contributed by atoms with E-state index in [9.17, 15) is 5.11 Å². The number of halogens is 2.